The molecule has 0 atom stereocenters. The minimum Gasteiger partial charge on any atom is -0.493 e. The monoisotopic (exact) mass is 277 g/mol. The molecule has 0 saturated heterocycles. The third kappa shape index (κ3) is 3.03. The number of benzene rings is 1. The van der Waals surface area contributed by atoms with E-state index >= 15 is 0 Å². The highest BCUT2D eigenvalue weighted by molar-refractivity contribution is 5.84. The predicted molar refractivity (Wildman–Crippen MR) is 72.5 cm³/mol. The van der Waals surface area contributed by atoms with Crippen molar-refractivity contribution >= 4 is 11.7 Å². The molecule has 6 nitrogen and oxygen atoms in total. The van der Waals surface area contributed by atoms with Crippen LogP contribution in [0.3, 0.4) is 0 Å². The molecule has 0 aliphatic rings. The van der Waals surface area contributed by atoms with Gasteiger partial charge in [-0.1, -0.05) is 0 Å². The number of aromatic carboxylic acids is 1. The van der Waals surface area contributed by atoms with Gasteiger partial charge in [0.2, 0.25) is 5.76 Å². The van der Waals surface area contributed by atoms with Gasteiger partial charge in [-0.3, -0.25) is 0 Å². The van der Waals surface area contributed by atoms with Crippen molar-refractivity contribution in [3.05, 3.63) is 41.9 Å². The highest BCUT2D eigenvalue weighted by atomic mass is 16.5. The van der Waals surface area contributed by atoms with Crippen molar-refractivity contribution in [3.8, 4) is 11.5 Å². The maximum absolute atomic E-state index is 10.7. The summed E-state index contributed by atoms with van der Waals surface area (Å²) in [5, 5.41) is 11.9. The Bertz CT molecular complexity index is 605. The Balaban J connectivity index is 2.04. The summed E-state index contributed by atoms with van der Waals surface area (Å²) < 4.78 is 15.5. The fraction of sp³-hybridized carbons (Fsp3) is 0.214. The molecule has 1 aromatic carbocycles. The molecule has 0 radical (unpaired) electrons. The number of ether oxygens (including phenoxy) is 2. The van der Waals surface area contributed by atoms with Crippen LogP contribution in [0.2, 0.25) is 0 Å². The molecule has 2 rings (SSSR count). The quantitative estimate of drug-likeness (QED) is 0.844. The predicted octanol–water partition coefficient (Wildman–Crippen LogP) is 2.61. The van der Waals surface area contributed by atoms with Gasteiger partial charge in [0.05, 0.1) is 20.8 Å². The second kappa shape index (κ2) is 6.01. The average Bonchev–Trinajstić information content (AvgIpc) is 2.94. The zero-order chi connectivity index (χ0) is 14.5. The Labute approximate surface area is 115 Å². The first-order valence-corrected chi connectivity index (χ1v) is 5.92. The van der Waals surface area contributed by atoms with Crippen molar-refractivity contribution in [2.75, 3.05) is 19.5 Å². The molecular weight excluding hydrogens is 262 g/mol. The fourth-order valence-corrected chi connectivity index (χ4v) is 1.72. The maximum Gasteiger partial charge on any atom is 0.371 e. The minimum atomic E-state index is -1.08. The van der Waals surface area contributed by atoms with Crippen molar-refractivity contribution in [3.63, 3.8) is 0 Å². The molecule has 0 bridgehead atoms. The Morgan fingerprint density at radius 2 is 1.95 bits per heavy atom. The second-order valence-corrected chi connectivity index (χ2v) is 3.99. The molecule has 2 N–H and O–H groups in total. The number of nitrogens with one attached hydrogen (secondary N) is 1. The number of hydrogen-bond acceptors (Lipinski definition) is 5. The van der Waals surface area contributed by atoms with Gasteiger partial charge < -0.3 is 24.3 Å². The lowest BCUT2D eigenvalue weighted by molar-refractivity contribution is 0.0660. The molecule has 0 saturated carbocycles. The Morgan fingerprint density at radius 3 is 2.55 bits per heavy atom. The lowest BCUT2D eigenvalue weighted by atomic mass is 10.2. The van der Waals surface area contributed by atoms with Crippen molar-refractivity contribution in [1.82, 2.24) is 0 Å². The molecule has 1 aromatic heterocycles. The number of carboxylic acids is 1. The van der Waals surface area contributed by atoms with E-state index in [1.54, 1.807) is 32.4 Å². The summed E-state index contributed by atoms with van der Waals surface area (Å²) in [5.74, 6) is 0.640. The van der Waals surface area contributed by atoms with Crippen LogP contribution in [-0.2, 0) is 6.54 Å². The third-order valence-corrected chi connectivity index (χ3v) is 2.72. The normalized spacial score (nSPS) is 10.1. The highest BCUT2D eigenvalue weighted by Crippen LogP contribution is 2.29. The molecule has 0 spiro atoms. The van der Waals surface area contributed by atoms with E-state index in [1.165, 1.54) is 6.07 Å². The van der Waals surface area contributed by atoms with E-state index in [9.17, 15) is 4.79 Å². The van der Waals surface area contributed by atoms with Gasteiger partial charge in [0, 0.05) is 11.8 Å². The first-order chi connectivity index (χ1) is 9.63. The molecular formula is C14H15NO5. The van der Waals surface area contributed by atoms with E-state index in [4.69, 9.17) is 19.0 Å². The van der Waals surface area contributed by atoms with Crippen molar-refractivity contribution in [2.45, 2.75) is 6.54 Å². The molecule has 106 valence electrons. The van der Waals surface area contributed by atoms with Crippen molar-refractivity contribution < 1.29 is 23.8 Å². The average molecular weight is 277 g/mol. The van der Waals surface area contributed by atoms with Crippen LogP contribution in [0.1, 0.15) is 16.3 Å². The number of anilines is 1. The Morgan fingerprint density at radius 1 is 1.20 bits per heavy atom. The van der Waals surface area contributed by atoms with E-state index in [-0.39, 0.29) is 5.76 Å². The van der Waals surface area contributed by atoms with Crippen LogP contribution in [0, 0.1) is 0 Å². The molecule has 0 fully saturated rings. The molecule has 0 aliphatic carbocycles. The molecule has 20 heavy (non-hydrogen) atoms. The molecule has 0 aliphatic heterocycles. The van der Waals surface area contributed by atoms with Crippen LogP contribution >= 0.6 is 0 Å². The van der Waals surface area contributed by atoms with E-state index in [1.807, 2.05) is 6.07 Å². The Hall–Kier alpha value is -2.63. The van der Waals surface area contributed by atoms with Crippen molar-refractivity contribution in [1.29, 1.82) is 0 Å². The number of carboxylic acid groups (broad SMARTS) is 1. The van der Waals surface area contributed by atoms with Gasteiger partial charge in [-0.2, -0.15) is 0 Å². The van der Waals surface area contributed by atoms with E-state index in [0.29, 0.717) is 23.8 Å². The third-order valence-electron chi connectivity index (χ3n) is 2.72. The van der Waals surface area contributed by atoms with Crippen LogP contribution in [0.5, 0.6) is 11.5 Å². The lowest BCUT2D eigenvalue weighted by Gasteiger charge is -2.10. The van der Waals surface area contributed by atoms with Gasteiger partial charge in [0.15, 0.2) is 11.5 Å². The number of carbonyl (C=O) groups is 1. The van der Waals surface area contributed by atoms with Crippen LogP contribution in [0.4, 0.5) is 5.69 Å². The summed E-state index contributed by atoms with van der Waals surface area (Å²) in [5.41, 5.74) is 0.816. The summed E-state index contributed by atoms with van der Waals surface area (Å²) in [4.78, 5) is 10.7. The highest BCUT2D eigenvalue weighted by Gasteiger charge is 2.09. The maximum atomic E-state index is 10.7. The first-order valence-electron chi connectivity index (χ1n) is 5.92. The fourth-order valence-electron chi connectivity index (χ4n) is 1.72. The summed E-state index contributed by atoms with van der Waals surface area (Å²) in [6, 6.07) is 8.46. The van der Waals surface area contributed by atoms with Gasteiger partial charge in [-0.25, -0.2) is 4.79 Å². The summed E-state index contributed by atoms with van der Waals surface area (Å²) in [6.45, 7) is 0.378. The lowest BCUT2D eigenvalue weighted by Crippen LogP contribution is -1.99. The van der Waals surface area contributed by atoms with E-state index in [0.717, 1.165) is 5.69 Å². The van der Waals surface area contributed by atoms with Gasteiger partial charge in [-0.15, -0.1) is 0 Å². The minimum absolute atomic E-state index is 0.0749. The summed E-state index contributed by atoms with van der Waals surface area (Å²) in [7, 11) is 3.13. The topological polar surface area (TPSA) is 80.9 Å². The van der Waals surface area contributed by atoms with E-state index < -0.39 is 5.97 Å². The van der Waals surface area contributed by atoms with Crippen molar-refractivity contribution in [2.24, 2.45) is 0 Å². The number of methoxy groups -OCH3 is 2. The molecule has 0 unspecified atom stereocenters. The van der Waals surface area contributed by atoms with Gasteiger partial charge in [-0.05, 0) is 24.3 Å². The summed E-state index contributed by atoms with van der Waals surface area (Å²) >= 11 is 0. The smallest absolute Gasteiger partial charge is 0.371 e. The van der Waals surface area contributed by atoms with E-state index in [2.05, 4.69) is 5.32 Å². The molecule has 0 amide bonds. The van der Waals surface area contributed by atoms with Crippen LogP contribution in [0.25, 0.3) is 0 Å². The van der Waals surface area contributed by atoms with Crippen LogP contribution in [0.15, 0.2) is 34.7 Å². The first kappa shape index (κ1) is 13.8. The van der Waals surface area contributed by atoms with Crippen LogP contribution in [-0.4, -0.2) is 25.3 Å². The summed E-state index contributed by atoms with van der Waals surface area (Å²) in [6.07, 6.45) is 0. The largest absolute Gasteiger partial charge is 0.493 e. The van der Waals surface area contributed by atoms with Crippen LogP contribution < -0.4 is 14.8 Å². The number of furan rings is 1. The molecule has 6 heteroatoms. The zero-order valence-corrected chi connectivity index (χ0v) is 11.2. The van der Waals surface area contributed by atoms with Gasteiger partial charge in [0.1, 0.15) is 5.76 Å². The standard InChI is InChI=1S/C14H15NO5/c1-18-11-5-3-9(7-13(11)19-2)15-8-10-4-6-12(20-10)14(16)17/h3-7,15H,8H2,1-2H3,(H,16,17). The molecule has 1 heterocycles. The van der Waals surface area contributed by atoms with Gasteiger partial charge >= 0.3 is 5.97 Å². The molecule has 2 aromatic rings. The second-order valence-electron chi connectivity index (χ2n) is 3.99. The van der Waals surface area contributed by atoms with Gasteiger partial charge in [0.25, 0.3) is 0 Å². The zero-order valence-electron chi connectivity index (χ0n) is 11.2. The Kier molecular flexibility index (Phi) is 4.14. The number of hydrogen-bond donors (Lipinski definition) is 2. The SMILES string of the molecule is COc1ccc(NCc2ccc(C(=O)O)o2)cc1OC. The number of rotatable bonds is 6.